The second kappa shape index (κ2) is 7.88. The Labute approximate surface area is 148 Å². The number of hydrogen-bond acceptors (Lipinski definition) is 3. The Bertz CT molecular complexity index is 765. The number of carbonyl (C=O) groups is 1. The van der Waals surface area contributed by atoms with Crippen LogP contribution in [0.25, 0.3) is 6.08 Å². The second-order valence-electron chi connectivity index (χ2n) is 6.04. The van der Waals surface area contributed by atoms with Crippen molar-refractivity contribution in [2.45, 2.75) is 20.4 Å². The number of fused-ring (bicyclic) bond motifs is 1. The van der Waals surface area contributed by atoms with E-state index >= 15 is 0 Å². The Hall–Kier alpha value is -2.75. The van der Waals surface area contributed by atoms with Crippen LogP contribution in [0.1, 0.15) is 23.6 Å². The van der Waals surface area contributed by atoms with Crippen molar-refractivity contribution >= 4 is 12.0 Å². The summed E-state index contributed by atoms with van der Waals surface area (Å²) in [6.45, 7) is 6.25. The van der Waals surface area contributed by atoms with E-state index in [-0.39, 0.29) is 5.91 Å². The fourth-order valence-corrected chi connectivity index (χ4v) is 2.76. The molecule has 130 valence electrons. The molecule has 2 aromatic carbocycles. The maximum absolute atomic E-state index is 12.6. The molecule has 2 aromatic rings. The number of benzene rings is 2. The third-order valence-electron chi connectivity index (χ3n) is 4.20. The Morgan fingerprint density at radius 3 is 2.64 bits per heavy atom. The lowest BCUT2D eigenvalue weighted by Gasteiger charge is -2.24. The van der Waals surface area contributed by atoms with Crippen LogP contribution in [-0.2, 0) is 11.3 Å². The van der Waals surface area contributed by atoms with Crippen LogP contribution in [0.5, 0.6) is 11.5 Å². The molecule has 4 nitrogen and oxygen atoms in total. The normalized spacial score (nSPS) is 13.0. The van der Waals surface area contributed by atoms with E-state index in [0.29, 0.717) is 26.3 Å². The maximum Gasteiger partial charge on any atom is 0.246 e. The molecular weight excluding hydrogens is 314 g/mol. The van der Waals surface area contributed by atoms with Crippen LogP contribution < -0.4 is 9.47 Å². The Morgan fingerprint density at radius 1 is 1.12 bits per heavy atom. The third kappa shape index (κ3) is 4.21. The predicted octanol–water partition coefficient (Wildman–Crippen LogP) is 3.83. The summed E-state index contributed by atoms with van der Waals surface area (Å²) in [5, 5.41) is 0. The molecule has 0 atom stereocenters. The van der Waals surface area contributed by atoms with Gasteiger partial charge in [0.1, 0.15) is 13.2 Å². The molecule has 0 bridgehead atoms. The van der Waals surface area contributed by atoms with E-state index in [0.717, 1.165) is 22.6 Å². The van der Waals surface area contributed by atoms with Gasteiger partial charge in [0, 0.05) is 24.7 Å². The SMILES string of the molecule is CCN(Cc1cccc2c1OCCO2)C(=O)/C=C/c1ccc(C)cc1. The topological polar surface area (TPSA) is 38.8 Å². The number of rotatable bonds is 5. The van der Waals surface area contributed by atoms with E-state index in [1.807, 2.05) is 62.4 Å². The lowest BCUT2D eigenvalue weighted by molar-refractivity contribution is -0.126. The van der Waals surface area contributed by atoms with Gasteiger partial charge in [-0.2, -0.15) is 0 Å². The minimum atomic E-state index is -0.0163. The lowest BCUT2D eigenvalue weighted by atomic mass is 10.1. The summed E-state index contributed by atoms with van der Waals surface area (Å²) in [6, 6.07) is 13.9. The van der Waals surface area contributed by atoms with Gasteiger partial charge in [0.05, 0.1) is 0 Å². The first kappa shape index (κ1) is 17.1. The van der Waals surface area contributed by atoms with E-state index in [1.54, 1.807) is 11.0 Å². The second-order valence-corrected chi connectivity index (χ2v) is 6.04. The molecule has 1 heterocycles. The van der Waals surface area contributed by atoms with E-state index in [1.165, 1.54) is 5.56 Å². The molecule has 0 saturated heterocycles. The van der Waals surface area contributed by atoms with Gasteiger partial charge in [-0.1, -0.05) is 42.0 Å². The summed E-state index contributed by atoms with van der Waals surface area (Å²) >= 11 is 0. The number of amides is 1. The van der Waals surface area contributed by atoms with Gasteiger partial charge in [-0.3, -0.25) is 4.79 Å². The van der Waals surface area contributed by atoms with Crippen molar-refractivity contribution in [1.29, 1.82) is 0 Å². The molecule has 1 aliphatic heterocycles. The zero-order valence-electron chi connectivity index (χ0n) is 14.7. The van der Waals surface area contributed by atoms with Crippen LogP contribution in [-0.4, -0.2) is 30.6 Å². The molecule has 25 heavy (non-hydrogen) atoms. The van der Waals surface area contributed by atoms with Crippen molar-refractivity contribution < 1.29 is 14.3 Å². The minimum absolute atomic E-state index is 0.0163. The number of aryl methyl sites for hydroxylation is 1. The third-order valence-corrected chi connectivity index (χ3v) is 4.20. The van der Waals surface area contributed by atoms with Crippen molar-refractivity contribution in [1.82, 2.24) is 4.90 Å². The van der Waals surface area contributed by atoms with Gasteiger partial charge >= 0.3 is 0 Å². The highest BCUT2D eigenvalue weighted by atomic mass is 16.6. The highest BCUT2D eigenvalue weighted by Gasteiger charge is 2.18. The fourth-order valence-electron chi connectivity index (χ4n) is 2.76. The summed E-state index contributed by atoms with van der Waals surface area (Å²) < 4.78 is 11.4. The average molecular weight is 337 g/mol. The van der Waals surface area contributed by atoms with Crippen LogP contribution in [0.15, 0.2) is 48.5 Å². The van der Waals surface area contributed by atoms with Crippen LogP contribution in [0.3, 0.4) is 0 Å². The standard InChI is InChI=1S/C21H23NO3/c1-3-22(20(23)12-11-17-9-7-16(2)8-10-17)15-18-5-4-6-19-21(18)25-14-13-24-19/h4-12H,3,13-15H2,1-2H3/b12-11+. The molecule has 4 heteroatoms. The molecule has 3 rings (SSSR count). The molecule has 0 spiro atoms. The van der Waals surface area contributed by atoms with Gasteiger partial charge in [-0.25, -0.2) is 0 Å². The van der Waals surface area contributed by atoms with Gasteiger partial charge in [-0.15, -0.1) is 0 Å². The van der Waals surface area contributed by atoms with Gasteiger partial charge in [0.2, 0.25) is 5.91 Å². The van der Waals surface area contributed by atoms with Crippen molar-refractivity contribution in [3.63, 3.8) is 0 Å². The molecule has 0 aromatic heterocycles. The highest BCUT2D eigenvalue weighted by Crippen LogP contribution is 2.34. The highest BCUT2D eigenvalue weighted by molar-refractivity contribution is 5.91. The number of para-hydroxylation sites is 1. The monoisotopic (exact) mass is 337 g/mol. The predicted molar refractivity (Wildman–Crippen MR) is 98.7 cm³/mol. The van der Waals surface area contributed by atoms with Crippen LogP contribution in [0.2, 0.25) is 0 Å². The molecule has 1 aliphatic rings. The maximum atomic E-state index is 12.6. The first-order valence-corrected chi connectivity index (χ1v) is 8.58. The van der Waals surface area contributed by atoms with Crippen molar-refractivity contribution in [3.8, 4) is 11.5 Å². The average Bonchev–Trinajstić information content (AvgIpc) is 2.65. The molecule has 0 saturated carbocycles. The van der Waals surface area contributed by atoms with E-state index in [9.17, 15) is 4.79 Å². The van der Waals surface area contributed by atoms with Crippen LogP contribution in [0, 0.1) is 6.92 Å². The molecule has 0 radical (unpaired) electrons. The van der Waals surface area contributed by atoms with Crippen LogP contribution in [0.4, 0.5) is 0 Å². The summed E-state index contributed by atoms with van der Waals surface area (Å²) in [4.78, 5) is 14.3. The zero-order valence-corrected chi connectivity index (χ0v) is 14.7. The Kier molecular flexibility index (Phi) is 5.39. The van der Waals surface area contributed by atoms with Crippen molar-refractivity contribution in [2.24, 2.45) is 0 Å². The molecule has 0 aliphatic carbocycles. The quantitative estimate of drug-likeness (QED) is 0.779. The number of ether oxygens (including phenoxy) is 2. The number of likely N-dealkylation sites (N-methyl/N-ethyl adjacent to an activating group) is 1. The smallest absolute Gasteiger partial charge is 0.246 e. The summed E-state index contributed by atoms with van der Waals surface area (Å²) in [6.07, 6.45) is 3.48. The van der Waals surface area contributed by atoms with Crippen LogP contribution >= 0.6 is 0 Å². The number of hydrogen-bond donors (Lipinski definition) is 0. The first-order chi connectivity index (χ1) is 12.2. The Morgan fingerprint density at radius 2 is 1.88 bits per heavy atom. The van der Waals surface area contributed by atoms with E-state index in [2.05, 4.69) is 0 Å². The van der Waals surface area contributed by atoms with E-state index in [4.69, 9.17) is 9.47 Å². The number of carbonyl (C=O) groups excluding carboxylic acids is 1. The largest absolute Gasteiger partial charge is 0.486 e. The molecule has 1 amide bonds. The molecular formula is C21H23NO3. The fraction of sp³-hybridized carbons (Fsp3) is 0.286. The Balaban J connectivity index is 1.72. The lowest BCUT2D eigenvalue weighted by Crippen LogP contribution is -2.29. The van der Waals surface area contributed by atoms with Crippen molar-refractivity contribution in [2.75, 3.05) is 19.8 Å². The van der Waals surface area contributed by atoms with E-state index < -0.39 is 0 Å². The molecule has 0 fully saturated rings. The van der Waals surface area contributed by atoms with Crippen molar-refractivity contribution in [3.05, 3.63) is 65.2 Å². The van der Waals surface area contributed by atoms with Gasteiger partial charge in [-0.05, 0) is 31.6 Å². The van der Waals surface area contributed by atoms with Gasteiger partial charge in [0.25, 0.3) is 0 Å². The van der Waals surface area contributed by atoms with Gasteiger partial charge < -0.3 is 14.4 Å². The van der Waals surface area contributed by atoms with Gasteiger partial charge in [0.15, 0.2) is 11.5 Å². The summed E-state index contributed by atoms with van der Waals surface area (Å²) in [7, 11) is 0. The molecule has 0 unspecified atom stereocenters. The summed E-state index contributed by atoms with van der Waals surface area (Å²) in [5.74, 6) is 1.49. The zero-order chi connectivity index (χ0) is 17.6. The minimum Gasteiger partial charge on any atom is -0.486 e. The summed E-state index contributed by atoms with van der Waals surface area (Å²) in [5.41, 5.74) is 3.19. The first-order valence-electron chi connectivity index (χ1n) is 8.58. The number of nitrogens with zero attached hydrogens (tertiary/aromatic N) is 1. The molecule has 0 N–H and O–H groups in total.